The summed E-state index contributed by atoms with van der Waals surface area (Å²) >= 11 is 0. The maximum atomic E-state index is 2.22. The van der Waals surface area contributed by atoms with E-state index < -0.39 is 0 Å². The first-order valence-electron chi connectivity index (χ1n) is 6.37. The van der Waals surface area contributed by atoms with E-state index >= 15 is 0 Å². The van der Waals surface area contributed by atoms with Gasteiger partial charge in [0.05, 0.1) is 0 Å². The third-order valence-electron chi connectivity index (χ3n) is 3.47. The Balaban J connectivity index is 0.000000120. The third kappa shape index (κ3) is 3.69. The fourth-order valence-corrected chi connectivity index (χ4v) is 2.16. The van der Waals surface area contributed by atoms with Crippen LogP contribution in [0.1, 0.15) is 48.6 Å². The van der Waals surface area contributed by atoms with Crippen molar-refractivity contribution in [3.05, 3.63) is 59.7 Å². The molecule has 0 radical (unpaired) electrons. The van der Waals surface area contributed by atoms with Crippen LogP contribution in [0.5, 0.6) is 0 Å². The van der Waals surface area contributed by atoms with Crippen LogP contribution in [0.15, 0.2) is 48.5 Å². The summed E-state index contributed by atoms with van der Waals surface area (Å²) in [5, 5.41) is 0. The van der Waals surface area contributed by atoms with Crippen molar-refractivity contribution in [2.75, 3.05) is 0 Å². The Bertz CT molecular complexity index is 360. The quantitative estimate of drug-likeness (QED) is 0.547. The molecule has 2 aliphatic carbocycles. The predicted octanol–water partition coefficient (Wildman–Crippen LogP) is 4.56. The summed E-state index contributed by atoms with van der Waals surface area (Å²) in [6, 6.07) is 17.4. The van der Waals surface area contributed by atoms with Crippen molar-refractivity contribution in [3.63, 3.8) is 0 Å². The molecule has 2 saturated carbocycles. The SMILES string of the molecule is [Ti+2].c1cc[c-](C2CC2)c1.c1cc[c-](C2CC2)c1. The molecule has 0 aromatic heterocycles. The van der Waals surface area contributed by atoms with Crippen LogP contribution in [-0.4, -0.2) is 0 Å². The molecule has 0 spiro atoms. The standard InChI is InChI=1S/2C8H9.Ti/c2*1-2-4-7(3-1)8-5-6-8;/h2*1-4,8H,5-6H2;/q2*-1;+2. The number of hydrogen-bond acceptors (Lipinski definition) is 0. The topological polar surface area (TPSA) is 0 Å². The summed E-state index contributed by atoms with van der Waals surface area (Å²) in [4.78, 5) is 0. The van der Waals surface area contributed by atoms with Crippen LogP contribution in [0.25, 0.3) is 0 Å². The Morgan fingerprint density at radius 3 is 1.12 bits per heavy atom. The summed E-state index contributed by atoms with van der Waals surface area (Å²) in [7, 11) is 0. The Hall–Kier alpha value is -0.586. The molecule has 2 aromatic carbocycles. The minimum Gasteiger partial charge on any atom is -0.213 e. The van der Waals surface area contributed by atoms with E-state index in [1.165, 1.54) is 25.7 Å². The molecule has 0 bridgehead atoms. The second kappa shape index (κ2) is 5.84. The molecule has 0 atom stereocenters. The van der Waals surface area contributed by atoms with E-state index in [-0.39, 0.29) is 21.7 Å². The van der Waals surface area contributed by atoms with Crippen molar-refractivity contribution in [1.82, 2.24) is 0 Å². The van der Waals surface area contributed by atoms with Gasteiger partial charge in [-0.1, -0.05) is 37.5 Å². The van der Waals surface area contributed by atoms with Gasteiger partial charge in [-0.3, -0.25) is 0 Å². The van der Waals surface area contributed by atoms with Crippen LogP contribution in [-0.2, 0) is 21.7 Å². The van der Waals surface area contributed by atoms with Crippen molar-refractivity contribution in [1.29, 1.82) is 0 Å². The molecular formula is C16H18Ti. The van der Waals surface area contributed by atoms with Gasteiger partial charge in [-0.15, -0.1) is 0 Å². The molecule has 2 aliphatic rings. The summed E-state index contributed by atoms with van der Waals surface area (Å²) in [6.07, 6.45) is 5.68. The largest absolute Gasteiger partial charge is 2.00 e. The molecule has 0 saturated heterocycles. The third-order valence-corrected chi connectivity index (χ3v) is 3.47. The first-order chi connectivity index (χ1) is 7.93. The Kier molecular flexibility index (Phi) is 4.42. The van der Waals surface area contributed by atoms with E-state index in [0.29, 0.717) is 0 Å². The molecule has 2 aromatic rings. The van der Waals surface area contributed by atoms with E-state index in [1.54, 1.807) is 11.1 Å². The normalized spacial score (nSPS) is 17.9. The van der Waals surface area contributed by atoms with Crippen molar-refractivity contribution in [2.45, 2.75) is 37.5 Å². The first kappa shape index (κ1) is 12.9. The molecule has 0 unspecified atom stereocenters. The van der Waals surface area contributed by atoms with Gasteiger partial charge in [-0.05, 0) is 0 Å². The van der Waals surface area contributed by atoms with Gasteiger partial charge in [0, 0.05) is 0 Å². The van der Waals surface area contributed by atoms with Crippen LogP contribution in [0.3, 0.4) is 0 Å². The van der Waals surface area contributed by atoms with Gasteiger partial charge in [0.25, 0.3) is 0 Å². The molecule has 0 aliphatic heterocycles. The number of hydrogen-bond donors (Lipinski definition) is 0. The van der Waals surface area contributed by atoms with Gasteiger partial charge < -0.3 is 0 Å². The summed E-state index contributed by atoms with van der Waals surface area (Å²) in [5.41, 5.74) is 3.09. The van der Waals surface area contributed by atoms with E-state index in [4.69, 9.17) is 0 Å². The van der Waals surface area contributed by atoms with Crippen molar-refractivity contribution < 1.29 is 21.7 Å². The molecule has 17 heavy (non-hydrogen) atoms. The van der Waals surface area contributed by atoms with E-state index in [1.807, 2.05) is 0 Å². The Morgan fingerprint density at radius 2 is 0.882 bits per heavy atom. The minimum atomic E-state index is 0. The average molecular weight is 258 g/mol. The van der Waals surface area contributed by atoms with E-state index in [2.05, 4.69) is 48.5 Å². The molecule has 1 heteroatoms. The molecule has 0 nitrogen and oxygen atoms in total. The molecule has 2 fully saturated rings. The van der Waals surface area contributed by atoms with Gasteiger partial charge in [-0.2, -0.15) is 35.4 Å². The number of rotatable bonds is 2. The second-order valence-corrected chi connectivity index (χ2v) is 4.99. The Morgan fingerprint density at radius 1 is 0.588 bits per heavy atom. The van der Waals surface area contributed by atoms with Gasteiger partial charge in [0.1, 0.15) is 0 Å². The zero-order chi connectivity index (χ0) is 10.8. The smallest absolute Gasteiger partial charge is 0.213 e. The average Bonchev–Trinajstić information content (AvgIpc) is 3.24. The zero-order valence-electron chi connectivity index (χ0n) is 10.1. The van der Waals surface area contributed by atoms with Gasteiger partial charge in [0.2, 0.25) is 0 Å². The second-order valence-electron chi connectivity index (χ2n) is 4.99. The maximum absolute atomic E-state index is 2.22. The monoisotopic (exact) mass is 258 g/mol. The van der Waals surface area contributed by atoms with E-state index in [9.17, 15) is 0 Å². The molecule has 0 amide bonds. The zero-order valence-corrected chi connectivity index (χ0v) is 11.7. The molecule has 0 heterocycles. The predicted molar refractivity (Wildman–Crippen MR) is 68.0 cm³/mol. The van der Waals surface area contributed by atoms with Crippen LogP contribution in [0, 0.1) is 0 Å². The molecular weight excluding hydrogens is 240 g/mol. The van der Waals surface area contributed by atoms with Crippen molar-refractivity contribution in [2.24, 2.45) is 0 Å². The molecule has 4 rings (SSSR count). The fourth-order valence-electron chi connectivity index (χ4n) is 2.16. The van der Waals surface area contributed by atoms with Crippen molar-refractivity contribution in [3.8, 4) is 0 Å². The van der Waals surface area contributed by atoms with Crippen LogP contribution < -0.4 is 0 Å². The van der Waals surface area contributed by atoms with E-state index in [0.717, 1.165) is 11.8 Å². The fraction of sp³-hybridized carbons (Fsp3) is 0.375. The van der Waals surface area contributed by atoms with Crippen molar-refractivity contribution >= 4 is 0 Å². The van der Waals surface area contributed by atoms with Crippen LogP contribution in [0.2, 0.25) is 0 Å². The first-order valence-corrected chi connectivity index (χ1v) is 6.37. The molecule has 86 valence electrons. The summed E-state index contributed by atoms with van der Waals surface area (Å²) in [5.74, 6) is 1.87. The summed E-state index contributed by atoms with van der Waals surface area (Å²) < 4.78 is 0. The van der Waals surface area contributed by atoms with Crippen LogP contribution in [0.4, 0.5) is 0 Å². The molecule has 0 N–H and O–H groups in total. The maximum Gasteiger partial charge on any atom is 2.00 e. The van der Waals surface area contributed by atoms with Gasteiger partial charge in [-0.25, -0.2) is 24.3 Å². The minimum absolute atomic E-state index is 0. The summed E-state index contributed by atoms with van der Waals surface area (Å²) in [6.45, 7) is 0. The van der Waals surface area contributed by atoms with Crippen LogP contribution >= 0.6 is 0 Å². The Labute approximate surface area is 119 Å². The van der Waals surface area contributed by atoms with Gasteiger partial charge in [0.15, 0.2) is 0 Å². The van der Waals surface area contributed by atoms with Gasteiger partial charge >= 0.3 is 21.7 Å².